The number of rotatable bonds is 5. The van der Waals surface area contributed by atoms with Crippen molar-refractivity contribution in [1.82, 2.24) is 19.4 Å². The van der Waals surface area contributed by atoms with Gasteiger partial charge in [0.05, 0.1) is 11.0 Å². The van der Waals surface area contributed by atoms with Gasteiger partial charge < -0.3 is 9.47 Å². The second-order valence-corrected chi connectivity index (χ2v) is 7.55. The number of fused-ring (bicyclic) bond motifs is 1. The molecule has 3 aromatic rings. The van der Waals surface area contributed by atoms with Crippen molar-refractivity contribution in [2.75, 3.05) is 26.2 Å². The van der Waals surface area contributed by atoms with Crippen LogP contribution in [0.2, 0.25) is 0 Å². The number of aromatic nitrogens is 2. The number of carbonyl (C=O) groups excluding carboxylic acids is 1. The smallest absolute Gasteiger partial charge is 0.272 e. The Bertz CT molecular complexity index is 1050. The Morgan fingerprint density at radius 1 is 0.966 bits per heavy atom. The Morgan fingerprint density at radius 2 is 1.66 bits per heavy atom. The highest BCUT2D eigenvalue weighted by Gasteiger charge is 2.21. The first-order valence-corrected chi connectivity index (χ1v) is 10.1. The Labute approximate surface area is 170 Å². The number of hydrogen-bond donors (Lipinski definition) is 0. The number of carbonyl (C=O) groups is 1. The molecule has 0 spiro atoms. The van der Waals surface area contributed by atoms with Gasteiger partial charge in [-0.3, -0.25) is 14.5 Å². The van der Waals surface area contributed by atoms with Crippen LogP contribution in [0.4, 0.5) is 0 Å². The fourth-order valence-corrected chi connectivity index (χ4v) is 3.88. The summed E-state index contributed by atoms with van der Waals surface area (Å²) >= 11 is 0. The van der Waals surface area contributed by atoms with Gasteiger partial charge in [-0.25, -0.2) is 4.98 Å². The molecule has 29 heavy (non-hydrogen) atoms. The van der Waals surface area contributed by atoms with Gasteiger partial charge in [-0.2, -0.15) is 0 Å². The molecule has 1 fully saturated rings. The molecule has 0 saturated carbocycles. The summed E-state index contributed by atoms with van der Waals surface area (Å²) in [5.41, 5.74) is 3.23. The van der Waals surface area contributed by atoms with Crippen molar-refractivity contribution in [3.8, 4) is 0 Å². The van der Waals surface area contributed by atoms with Crippen LogP contribution in [-0.4, -0.2) is 51.4 Å². The van der Waals surface area contributed by atoms with Crippen molar-refractivity contribution in [3.63, 3.8) is 0 Å². The van der Waals surface area contributed by atoms with Crippen LogP contribution in [-0.2, 0) is 24.8 Å². The average Bonchev–Trinajstić information content (AvgIpc) is 2.76. The number of hydrogen-bond acceptors (Lipinski definition) is 4. The average molecular weight is 390 g/mol. The summed E-state index contributed by atoms with van der Waals surface area (Å²) in [5.74, 6) is 0.0985. The number of nitrogens with zero attached hydrogens (tertiary/aromatic N) is 4. The first-order valence-electron chi connectivity index (χ1n) is 10.1. The third-order valence-electron chi connectivity index (χ3n) is 5.60. The van der Waals surface area contributed by atoms with E-state index >= 15 is 0 Å². The lowest BCUT2D eigenvalue weighted by molar-refractivity contribution is -0.133. The molecule has 0 unspecified atom stereocenters. The van der Waals surface area contributed by atoms with Gasteiger partial charge in [0.15, 0.2) is 0 Å². The third-order valence-corrected chi connectivity index (χ3v) is 5.60. The van der Waals surface area contributed by atoms with E-state index in [1.165, 1.54) is 5.56 Å². The summed E-state index contributed by atoms with van der Waals surface area (Å²) < 4.78 is 1.62. The summed E-state index contributed by atoms with van der Waals surface area (Å²) in [6.07, 6.45) is 0.694. The van der Waals surface area contributed by atoms with Gasteiger partial charge in [0.2, 0.25) is 5.91 Å². The van der Waals surface area contributed by atoms with Crippen molar-refractivity contribution in [2.24, 2.45) is 7.05 Å². The molecule has 0 radical (unpaired) electrons. The highest BCUT2D eigenvalue weighted by atomic mass is 16.2. The number of piperazine rings is 1. The molecule has 1 aliphatic heterocycles. The zero-order valence-electron chi connectivity index (χ0n) is 16.8. The fraction of sp³-hybridized carbons (Fsp3) is 0.348. The molecule has 1 aromatic heterocycles. The molecule has 1 amide bonds. The van der Waals surface area contributed by atoms with Crippen molar-refractivity contribution in [2.45, 2.75) is 19.4 Å². The second kappa shape index (κ2) is 8.57. The maximum absolute atomic E-state index is 12.7. The Balaban J connectivity index is 1.33. The zero-order chi connectivity index (χ0) is 20.2. The van der Waals surface area contributed by atoms with E-state index in [-0.39, 0.29) is 11.5 Å². The van der Waals surface area contributed by atoms with Crippen molar-refractivity contribution < 1.29 is 4.79 Å². The van der Waals surface area contributed by atoms with Crippen LogP contribution in [0, 0.1) is 0 Å². The lowest BCUT2D eigenvalue weighted by Crippen LogP contribution is -2.48. The van der Waals surface area contributed by atoms with Crippen LogP contribution in [0.25, 0.3) is 11.0 Å². The quantitative estimate of drug-likeness (QED) is 0.670. The summed E-state index contributed by atoms with van der Waals surface area (Å²) in [5, 5.41) is 0. The SMILES string of the molecule is Cn1c(=O)c(CCC(=O)N2CCN(Cc3ccccc3)CC2)nc2ccccc21. The van der Waals surface area contributed by atoms with Gasteiger partial charge >= 0.3 is 0 Å². The highest BCUT2D eigenvalue weighted by molar-refractivity contribution is 5.77. The van der Waals surface area contributed by atoms with Gasteiger partial charge in [-0.15, -0.1) is 0 Å². The van der Waals surface area contributed by atoms with Gasteiger partial charge in [0.1, 0.15) is 5.69 Å². The van der Waals surface area contributed by atoms with E-state index in [1.807, 2.05) is 35.2 Å². The molecule has 6 heteroatoms. The number of para-hydroxylation sites is 2. The van der Waals surface area contributed by atoms with Crippen molar-refractivity contribution in [3.05, 3.63) is 76.2 Å². The van der Waals surface area contributed by atoms with E-state index in [9.17, 15) is 9.59 Å². The lowest BCUT2D eigenvalue weighted by atomic mass is 10.1. The maximum atomic E-state index is 12.7. The van der Waals surface area contributed by atoms with E-state index in [0.717, 1.165) is 43.8 Å². The standard InChI is InChI=1S/C23H26N4O2/c1-25-21-10-6-5-9-19(21)24-20(23(25)29)11-12-22(28)27-15-13-26(14-16-27)17-18-7-3-2-4-8-18/h2-10H,11-17H2,1H3. The monoisotopic (exact) mass is 390 g/mol. The minimum Gasteiger partial charge on any atom is -0.340 e. The minimum absolute atomic E-state index is 0.0985. The van der Waals surface area contributed by atoms with E-state index < -0.39 is 0 Å². The molecule has 150 valence electrons. The molecule has 0 N–H and O–H groups in total. The van der Waals surface area contributed by atoms with E-state index in [4.69, 9.17) is 0 Å². The predicted octanol–water partition coefficient (Wildman–Crippen LogP) is 2.21. The van der Waals surface area contributed by atoms with Gasteiger partial charge in [-0.05, 0) is 17.7 Å². The normalized spacial score (nSPS) is 15.0. The van der Waals surface area contributed by atoms with Crippen molar-refractivity contribution >= 4 is 16.9 Å². The van der Waals surface area contributed by atoms with E-state index in [2.05, 4.69) is 34.1 Å². The van der Waals surface area contributed by atoms with E-state index in [1.54, 1.807) is 11.6 Å². The molecule has 0 atom stereocenters. The zero-order valence-corrected chi connectivity index (χ0v) is 16.8. The van der Waals surface area contributed by atoms with Gasteiger partial charge in [0.25, 0.3) is 5.56 Å². The van der Waals surface area contributed by atoms with Crippen LogP contribution < -0.4 is 5.56 Å². The first-order chi connectivity index (χ1) is 14.1. The van der Waals surface area contributed by atoms with Crippen LogP contribution in [0.15, 0.2) is 59.4 Å². The largest absolute Gasteiger partial charge is 0.340 e. The predicted molar refractivity (Wildman–Crippen MR) is 114 cm³/mol. The molecule has 2 heterocycles. The first kappa shape index (κ1) is 19.3. The Kier molecular flexibility index (Phi) is 5.71. The Morgan fingerprint density at radius 3 is 2.41 bits per heavy atom. The summed E-state index contributed by atoms with van der Waals surface area (Å²) in [7, 11) is 1.75. The number of aryl methyl sites for hydroxylation is 2. The second-order valence-electron chi connectivity index (χ2n) is 7.55. The number of benzene rings is 2. The Hall–Kier alpha value is -2.99. The summed E-state index contributed by atoms with van der Waals surface area (Å²) in [6.45, 7) is 4.12. The van der Waals surface area contributed by atoms with Crippen molar-refractivity contribution in [1.29, 1.82) is 0 Å². The molecule has 2 aromatic carbocycles. The molecule has 0 bridgehead atoms. The molecule has 0 aliphatic carbocycles. The molecule has 1 saturated heterocycles. The van der Waals surface area contributed by atoms with E-state index in [0.29, 0.717) is 18.5 Å². The lowest BCUT2D eigenvalue weighted by Gasteiger charge is -2.34. The van der Waals surface area contributed by atoms with Gasteiger partial charge in [0, 0.05) is 52.6 Å². The minimum atomic E-state index is -0.121. The fourth-order valence-electron chi connectivity index (χ4n) is 3.88. The van der Waals surface area contributed by atoms with Crippen LogP contribution in [0.3, 0.4) is 0 Å². The molecule has 6 nitrogen and oxygen atoms in total. The highest BCUT2D eigenvalue weighted by Crippen LogP contribution is 2.12. The van der Waals surface area contributed by atoms with Crippen LogP contribution in [0.5, 0.6) is 0 Å². The third kappa shape index (κ3) is 4.38. The maximum Gasteiger partial charge on any atom is 0.272 e. The number of amides is 1. The summed E-state index contributed by atoms with van der Waals surface area (Å²) in [4.78, 5) is 34.0. The molecular weight excluding hydrogens is 364 g/mol. The van der Waals surface area contributed by atoms with Crippen LogP contribution >= 0.6 is 0 Å². The topological polar surface area (TPSA) is 58.4 Å². The molecular formula is C23H26N4O2. The van der Waals surface area contributed by atoms with Crippen LogP contribution in [0.1, 0.15) is 17.7 Å². The van der Waals surface area contributed by atoms with Gasteiger partial charge in [-0.1, -0.05) is 42.5 Å². The molecule has 4 rings (SSSR count). The summed E-state index contributed by atoms with van der Waals surface area (Å²) in [6, 6.07) is 18.0. The molecule has 1 aliphatic rings.